The van der Waals surface area contributed by atoms with Crippen LogP contribution in [0.1, 0.15) is 0 Å². The first-order valence-corrected chi connectivity index (χ1v) is 22.7. The Morgan fingerprint density at radius 2 is 0.697 bits per heavy atom. The maximum absolute atomic E-state index is 2.41. The summed E-state index contributed by atoms with van der Waals surface area (Å²) in [6, 6.07) is 96.8. The average molecular weight is 841 g/mol. The number of hydrogen-bond acceptors (Lipinski definition) is 1. The molecular formula is C64H44N2. The molecule has 0 unspecified atom stereocenters. The van der Waals surface area contributed by atoms with Gasteiger partial charge >= 0.3 is 0 Å². The molecule has 0 saturated carbocycles. The molecular weight excluding hydrogens is 797 g/mol. The number of anilines is 3. The molecule has 0 amide bonds. The van der Waals surface area contributed by atoms with Crippen molar-refractivity contribution in [2.75, 3.05) is 4.90 Å². The molecule has 1 heterocycles. The summed E-state index contributed by atoms with van der Waals surface area (Å²) in [6.45, 7) is 0. The second-order valence-corrected chi connectivity index (χ2v) is 16.9. The van der Waals surface area contributed by atoms with E-state index >= 15 is 0 Å². The van der Waals surface area contributed by atoms with Crippen molar-refractivity contribution in [3.05, 3.63) is 267 Å². The highest BCUT2D eigenvalue weighted by atomic mass is 15.1. The smallest absolute Gasteiger partial charge is 0.0541 e. The van der Waals surface area contributed by atoms with Crippen LogP contribution in [-0.4, -0.2) is 4.57 Å². The van der Waals surface area contributed by atoms with E-state index in [1.807, 2.05) is 0 Å². The molecule has 0 spiro atoms. The molecule has 0 fully saturated rings. The second-order valence-electron chi connectivity index (χ2n) is 16.9. The lowest BCUT2D eigenvalue weighted by Gasteiger charge is -2.29. The van der Waals surface area contributed by atoms with Crippen LogP contribution < -0.4 is 4.90 Å². The van der Waals surface area contributed by atoms with Crippen LogP contribution in [0.3, 0.4) is 0 Å². The molecule has 0 radical (unpaired) electrons. The summed E-state index contributed by atoms with van der Waals surface area (Å²) in [4.78, 5) is 2.40. The zero-order chi connectivity index (χ0) is 43.8. The number of fused-ring (bicyclic) bond motifs is 4. The zero-order valence-electron chi connectivity index (χ0n) is 36.3. The summed E-state index contributed by atoms with van der Waals surface area (Å²) in [6.07, 6.45) is 0. The highest BCUT2D eigenvalue weighted by Gasteiger charge is 2.20. The standard InChI is InChI=1S/C64H44N2/c1-2-17-49(18-3-1)55-20-6-7-22-57(55)58-23-9-13-27-62(58)65(54-42-38-48(39-43-54)52-35-32-45-16-4-5-19-51(45)44-52)53-40-36-47(37-41-53)46-30-33-50(34-31-46)56-21-8-12-26-61(56)66-63-28-14-10-24-59(63)60-25-11-15-29-64(60)66/h1-44H. The van der Waals surface area contributed by atoms with E-state index in [9.17, 15) is 0 Å². The molecule has 12 aromatic rings. The van der Waals surface area contributed by atoms with Crippen molar-refractivity contribution >= 4 is 49.6 Å². The molecule has 11 aromatic carbocycles. The van der Waals surface area contributed by atoms with Gasteiger partial charge in [-0.05, 0) is 110 Å². The van der Waals surface area contributed by atoms with Gasteiger partial charge in [-0.2, -0.15) is 0 Å². The van der Waals surface area contributed by atoms with Gasteiger partial charge in [-0.15, -0.1) is 0 Å². The first-order valence-electron chi connectivity index (χ1n) is 22.7. The van der Waals surface area contributed by atoms with Crippen LogP contribution >= 0.6 is 0 Å². The Balaban J connectivity index is 0.922. The first-order chi connectivity index (χ1) is 32.7. The van der Waals surface area contributed by atoms with Crippen molar-refractivity contribution in [3.8, 4) is 61.3 Å². The van der Waals surface area contributed by atoms with Crippen LogP contribution in [-0.2, 0) is 0 Å². The summed E-state index contributed by atoms with van der Waals surface area (Å²) in [5.41, 5.74) is 18.7. The highest BCUT2D eigenvalue weighted by Crippen LogP contribution is 2.45. The van der Waals surface area contributed by atoms with Crippen LogP contribution in [0.2, 0.25) is 0 Å². The van der Waals surface area contributed by atoms with E-state index in [1.54, 1.807) is 0 Å². The number of aromatic nitrogens is 1. The van der Waals surface area contributed by atoms with E-state index in [-0.39, 0.29) is 0 Å². The van der Waals surface area contributed by atoms with Crippen LogP contribution in [0.25, 0.3) is 93.9 Å². The Kier molecular flexibility index (Phi) is 9.89. The topological polar surface area (TPSA) is 8.17 Å². The third kappa shape index (κ3) is 7.02. The fourth-order valence-corrected chi connectivity index (χ4v) is 9.82. The van der Waals surface area contributed by atoms with Crippen LogP contribution in [0, 0.1) is 0 Å². The van der Waals surface area contributed by atoms with Crippen molar-refractivity contribution in [1.29, 1.82) is 0 Å². The zero-order valence-corrected chi connectivity index (χ0v) is 36.3. The third-order valence-corrected chi connectivity index (χ3v) is 13.0. The molecule has 0 N–H and O–H groups in total. The minimum absolute atomic E-state index is 1.08. The summed E-state index contributed by atoms with van der Waals surface area (Å²) in [5, 5.41) is 5.01. The van der Waals surface area contributed by atoms with Crippen molar-refractivity contribution in [1.82, 2.24) is 4.57 Å². The lowest BCUT2D eigenvalue weighted by molar-refractivity contribution is 1.18. The van der Waals surface area contributed by atoms with Gasteiger partial charge in [-0.25, -0.2) is 0 Å². The van der Waals surface area contributed by atoms with E-state index in [0.717, 1.165) is 28.2 Å². The molecule has 0 aliphatic heterocycles. The Labute approximate surface area is 385 Å². The Bertz CT molecular complexity index is 3620. The molecule has 0 bridgehead atoms. The van der Waals surface area contributed by atoms with E-state index in [4.69, 9.17) is 0 Å². The van der Waals surface area contributed by atoms with Gasteiger partial charge in [0.15, 0.2) is 0 Å². The minimum atomic E-state index is 1.08. The number of hydrogen-bond donors (Lipinski definition) is 0. The summed E-state index contributed by atoms with van der Waals surface area (Å²) in [7, 11) is 0. The van der Waals surface area contributed by atoms with Crippen molar-refractivity contribution < 1.29 is 0 Å². The maximum Gasteiger partial charge on any atom is 0.0541 e. The summed E-state index contributed by atoms with van der Waals surface area (Å²) >= 11 is 0. The van der Waals surface area contributed by atoms with E-state index < -0.39 is 0 Å². The Hall–Kier alpha value is -8.72. The number of para-hydroxylation sites is 4. The van der Waals surface area contributed by atoms with E-state index in [0.29, 0.717) is 0 Å². The highest BCUT2D eigenvalue weighted by molar-refractivity contribution is 6.09. The van der Waals surface area contributed by atoms with Crippen molar-refractivity contribution in [2.24, 2.45) is 0 Å². The van der Waals surface area contributed by atoms with Gasteiger partial charge in [0.05, 0.1) is 22.4 Å². The SMILES string of the molecule is c1ccc(-c2ccccc2-c2ccccc2N(c2ccc(-c3ccc(-c4ccccc4-n4c5ccccc5c5ccccc54)cc3)cc2)c2ccc(-c3ccc4ccccc4c3)cc2)cc1. The quantitative estimate of drug-likeness (QED) is 0.141. The summed E-state index contributed by atoms with van der Waals surface area (Å²) in [5.74, 6) is 0. The van der Waals surface area contributed by atoms with Gasteiger partial charge in [0.2, 0.25) is 0 Å². The number of benzene rings is 11. The number of rotatable bonds is 9. The first kappa shape index (κ1) is 38.9. The van der Waals surface area contributed by atoms with Gasteiger partial charge in [-0.1, -0.05) is 212 Å². The molecule has 2 heteroatoms. The van der Waals surface area contributed by atoms with Crippen molar-refractivity contribution in [3.63, 3.8) is 0 Å². The molecule has 310 valence electrons. The lowest BCUT2D eigenvalue weighted by atomic mass is 9.93. The average Bonchev–Trinajstić information content (AvgIpc) is 3.74. The minimum Gasteiger partial charge on any atom is -0.310 e. The predicted molar refractivity (Wildman–Crippen MR) is 280 cm³/mol. The van der Waals surface area contributed by atoms with E-state index in [1.165, 1.54) is 82.8 Å². The Morgan fingerprint density at radius 1 is 0.258 bits per heavy atom. The molecule has 12 rings (SSSR count). The van der Waals surface area contributed by atoms with Gasteiger partial charge in [0, 0.05) is 33.3 Å². The number of nitrogens with zero attached hydrogens (tertiary/aromatic N) is 2. The van der Waals surface area contributed by atoms with Crippen molar-refractivity contribution in [2.45, 2.75) is 0 Å². The summed E-state index contributed by atoms with van der Waals surface area (Å²) < 4.78 is 2.41. The van der Waals surface area contributed by atoms with Crippen LogP contribution in [0.15, 0.2) is 267 Å². The third-order valence-electron chi connectivity index (χ3n) is 13.0. The monoisotopic (exact) mass is 840 g/mol. The molecule has 0 aliphatic carbocycles. The second kappa shape index (κ2) is 16.8. The molecule has 1 aromatic heterocycles. The predicted octanol–water partition coefficient (Wildman–Crippen LogP) is 17.7. The molecule has 0 atom stereocenters. The lowest BCUT2D eigenvalue weighted by Crippen LogP contribution is -2.11. The van der Waals surface area contributed by atoms with Crippen LogP contribution in [0.4, 0.5) is 17.1 Å². The maximum atomic E-state index is 2.41. The molecule has 2 nitrogen and oxygen atoms in total. The fourth-order valence-electron chi connectivity index (χ4n) is 9.82. The molecule has 0 saturated heterocycles. The fraction of sp³-hybridized carbons (Fsp3) is 0. The largest absolute Gasteiger partial charge is 0.310 e. The van der Waals surface area contributed by atoms with Gasteiger partial charge < -0.3 is 9.47 Å². The van der Waals surface area contributed by atoms with Gasteiger partial charge in [-0.3, -0.25) is 0 Å². The molecule has 66 heavy (non-hydrogen) atoms. The van der Waals surface area contributed by atoms with Gasteiger partial charge in [0.25, 0.3) is 0 Å². The van der Waals surface area contributed by atoms with Crippen LogP contribution in [0.5, 0.6) is 0 Å². The molecule has 0 aliphatic rings. The van der Waals surface area contributed by atoms with Gasteiger partial charge in [0.1, 0.15) is 0 Å². The van der Waals surface area contributed by atoms with E-state index in [2.05, 4.69) is 276 Å². The Morgan fingerprint density at radius 3 is 1.36 bits per heavy atom. The normalized spacial score (nSPS) is 11.3.